The molecule has 2 aliphatic heterocycles. The third kappa shape index (κ3) is 11.6. The summed E-state index contributed by atoms with van der Waals surface area (Å²) in [5.74, 6) is 1.68. The Bertz CT molecular complexity index is 3190. The molecular weight excluding hydrogens is 931 g/mol. The summed E-state index contributed by atoms with van der Waals surface area (Å²) in [7, 11) is 0. The Labute approximate surface area is 421 Å². The van der Waals surface area contributed by atoms with Crippen molar-refractivity contribution in [3.63, 3.8) is 0 Å². The maximum atomic E-state index is 14.6. The van der Waals surface area contributed by atoms with Gasteiger partial charge in [0.25, 0.3) is 5.56 Å². The maximum absolute atomic E-state index is 14.6. The van der Waals surface area contributed by atoms with E-state index in [4.69, 9.17) is 23.6 Å². The molecule has 0 radical (unpaired) electrons. The van der Waals surface area contributed by atoms with Gasteiger partial charge in [0.15, 0.2) is 10.7 Å². The SMILES string of the molecule is CCn1c(SC(C(=O)N2CCC[C@@H]2CNC(=O)CN2CCN(CCOCCOc3ccc(COc4ccc5oc(-c6ccccn6)nc5c4)nc3)CC2)c2ccccc2)nc2cc3ccccc3cc2c1=O. The summed E-state index contributed by atoms with van der Waals surface area (Å²) in [5, 5.41) is 5.56. The molecule has 72 heavy (non-hydrogen) atoms. The fraction of sp³-hybridized carbons (Fsp3) is 0.327. The van der Waals surface area contributed by atoms with Gasteiger partial charge in [0.05, 0.1) is 42.6 Å². The summed E-state index contributed by atoms with van der Waals surface area (Å²) >= 11 is 1.32. The highest BCUT2D eigenvalue weighted by molar-refractivity contribution is 8.00. The van der Waals surface area contributed by atoms with Crippen LogP contribution in [0.15, 0.2) is 142 Å². The third-order valence-electron chi connectivity index (χ3n) is 13.2. The first-order valence-electron chi connectivity index (χ1n) is 24.6. The van der Waals surface area contributed by atoms with Gasteiger partial charge in [0, 0.05) is 70.7 Å². The number of hydrogen-bond acceptors (Lipinski definition) is 14. The van der Waals surface area contributed by atoms with Crippen LogP contribution in [-0.4, -0.2) is 129 Å². The number of likely N-dealkylation sites (tertiary alicyclic amines) is 1. The molecule has 0 spiro atoms. The number of nitrogens with zero attached hydrogens (tertiary/aromatic N) is 8. The van der Waals surface area contributed by atoms with Gasteiger partial charge >= 0.3 is 0 Å². The van der Waals surface area contributed by atoms with Gasteiger partial charge in [-0.15, -0.1) is 0 Å². The molecule has 2 saturated heterocycles. The lowest BCUT2D eigenvalue weighted by Gasteiger charge is -2.34. The minimum Gasteiger partial charge on any atom is -0.490 e. The van der Waals surface area contributed by atoms with Crippen LogP contribution in [0.3, 0.4) is 0 Å². The number of hydrogen-bond donors (Lipinski definition) is 1. The van der Waals surface area contributed by atoms with Gasteiger partial charge in [-0.1, -0.05) is 72.4 Å². The second-order valence-corrected chi connectivity index (χ2v) is 19.0. The van der Waals surface area contributed by atoms with Crippen LogP contribution in [-0.2, 0) is 27.5 Å². The highest BCUT2D eigenvalue weighted by atomic mass is 32.2. The first-order valence-corrected chi connectivity index (χ1v) is 25.5. The molecule has 8 aromatic rings. The number of nitrogens with one attached hydrogen (secondary N) is 1. The van der Waals surface area contributed by atoms with E-state index < -0.39 is 5.25 Å². The van der Waals surface area contributed by atoms with Gasteiger partial charge in [-0.05, 0) is 84.6 Å². The Morgan fingerprint density at radius 3 is 2.38 bits per heavy atom. The molecule has 0 aliphatic carbocycles. The van der Waals surface area contributed by atoms with Gasteiger partial charge in [0.1, 0.15) is 41.2 Å². The fourth-order valence-electron chi connectivity index (χ4n) is 9.25. The Balaban J connectivity index is 0.631. The van der Waals surface area contributed by atoms with Gasteiger partial charge in [-0.25, -0.2) is 9.97 Å². The lowest BCUT2D eigenvalue weighted by atomic mass is 10.1. The summed E-state index contributed by atoms with van der Waals surface area (Å²) < 4.78 is 25.2. The average molecular weight is 988 g/mol. The maximum Gasteiger partial charge on any atom is 0.262 e. The zero-order valence-corrected chi connectivity index (χ0v) is 41.0. The molecule has 2 fully saturated rings. The van der Waals surface area contributed by atoms with Crippen molar-refractivity contribution in [3.8, 4) is 23.1 Å². The largest absolute Gasteiger partial charge is 0.490 e. The second kappa shape index (κ2) is 22.9. The van der Waals surface area contributed by atoms with E-state index in [1.165, 1.54) is 11.8 Å². The number of oxazole rings is 1. The van der Waals surface area contributed by atoms with Crippen molar-refractivity contribution in [1.82, 2.24) is 44.5 Å². The number of aromatic nitrogens is 5. The monoisotopic (exact) mass is 987 g/mol. The van der Waals surface area contributed by atoms with E-state index >= 15 is 0 Å². The van der Waals surface area contributed by atoms with Gasteiger partial charge in [0.2, 0.25) is 17.7 Å². The summed E-state index contributed by atoms with van der Waals surface area (Å²) in [4.78, 5) is 66.6. The number of ether oxygens (including phenoxy) is 3. The Morgan fingerprint density at radius 1 is 0.792 bits per heavy atom. The molecule has 2 aliphatic rings. The van der Waals surface area contributed by atoms with E-state index in [0.29, 0.717) is 96.2 Å². The van der Waals surface area contributed by atoms with Crippen LogP contribution in [0, 0.1) is 0 Å². The summed E-state index contributed by atoms with van der Waals surface area (Å²) in [5.41, 5.74) is 4.11. The molecule has 17 heteroatoms. The van der Waals surface area contributed by atoms with E-state index in [2.05, 4.69) is 30.1 Å². The van der Waals surface area contributed by atoms with Crippen molar-refractivity contribution in [2.24, 2.45) is 0 Å². The molecular formula is C55H57N9O7S. The topological polar surface area (TPSA) is 170 Å². The molecule has 0 saturated carbocycles. The molecule has 1 unspecified atom stereocenters. The van der Waals surface area contributed by atoms with Crippen molar-refractivity contribution in [1.29, 1.82) is 0 Å². The van der Waals surface area contributed by atoms with Crippen molar-refractivity contribution < 1.29 is 28.2 Å². The Hall–Kier alpha value is -7.18. The van der Waals surface area contributed by atoms with Crippen LogP contribution >= 0.6 is 11.8 Å². The first kappa shape index (κ1) is 48.4. The minimum atomic E-state index is -0.627. The second-order valence-electron chi connectivity index (χ2n) is 17.9. The molecule has 0 bridgehead atoms. The quantitative estimate of drug-likeness (QED) is 0.0347. The highest BCUT2D eigenvalue weighted by Crippen LogP contribution is 2.38. The number of piperazine rings is 1. The van der Waals surface area contributed by atoms with Crippen LogP contribution in [0.2, 0.25) is 0 Å². The van der Waals surface area contributed by atoms with E-state index in [9.17, 15) is 14.4 Å². The zero-order chi connectivity index (χ0) is 49.2. The smallest absolute Gasteiger partial charge is 0.262 e. The van der Waals surface area contributed by atoms with Gasteiger partial charge in [-0.2, -0.15) is 0 Å². The first-order chi connectivity index (χ1) is 35.3. The fourth-order valence-corrected chi connectivity index (χ4v) is 10.5. The van der Waals surface area contributed by atoms with Crippen molar-refractivity contribution in [2.45, 2.75) is 49.4 Å². The van der Waals surface area contributed by atoms with Crippen LogP contribution in [0.25, 0.3) is 44.4 Å². The van der Waals surface area contributed by atoms with Crippen LogP contribution in [0.4, 0.5) is 0 Å². The number of carbonyl (C=O) groups is 2. The lowest BCUT2D eigenvalue weighted by molar-refractivity contribution is -0.132. The van der Waals surface area contributed by atoms with Crippen LogP contribution < -0.4 is 20.3 Å². The molecule has 16 nitrogen and oxygen atoms in total. The number of amides is 2. The van der Waals surface area contributed by atoms with Crippen LogP contribution in [0.5, 0.6) is 11.5 Å². The molecule has 4 aromatic carbocycles. The van der Waals surface area contributed by atoms with E-state index in [-0.39, 0.29) is 30.0 Å². The van der Waals surface area contributed by atoms with E-state index in [1.54, 1.807) is 17.0 Å². The molecule has 2 atom stereocenters. The van der Waals surface area contributed by atoms with Crippen molar-refractivity contribution in [3.05, 3.63) is 149 Å². The zero-order valence-electron chi connectivity index (χ0n) is 40.2. The van der Waals surface area contributed by atoms with Crippen LogP contribution in [0.1, 0.15) is 36.3 Å². The third-order valence-corrected chi connectivity index (χ3v) is 14.4. The highest BCUT2D eigenvalue weighted by Gasteiger charge is 2.36. The van der Waals surface area contributed by atoms with E-state index in [1.807, 2.05) is 127 Å². The molecule has 4 aromatic heterocycles. The molecule has 2 amide bonds. The molecule has 10 rings (SSSR count). The number of fused-ring (bicyclic) bond motifs is 3. The number of rotatable bonds is 20. The normalized spacial score (nSPS) is 15.8. The predicted molar refractivity (Wildman–Crippen MR) is 277 cm³/mol. The standard InChI is InChI=1S/C55H57N9O7S/c1-2-63-53(66)45-31-39-13-6-7-14-40(39)32-47(45)60-55(63)72-51(38-11-4-3-5-12-38)54(67)64-22-10-15-42(64)34-58-50(65)36-62-25-23-61(24-26-62)27-28-68-29-30-69-44-18-17-41(57-35-44)37-70-43-19-20-49-48(33-43)59-52(71-49)46-16-8-9-21-56-46/h3-9,11-14,16-21,31-33,35,42,51H,2,10,15,22-30,34,36-37H2,1H3,(H,58,65)/t42-,51?/m1/s1. The van der Waals surface area contributed by atoms with Gasteiger partial charge < -0.3 is 28.8 Å². The van der Waals surface area contributed by atoms with Crippen molar-refractivity contribution in [2.75, 3.05) is 72.2 Å². The number of thioether (sulfide) groups is 1. The summed E-state index contributed by atoms with van der Waals surface area (Å²) in [6.07, 6.45) is 5.04. The number of benzene rings is 4. The van der Waals surface area contributed by atoms with Gasteiger partial charge in [-0.3, -0.25) is 38.7 Å². The Morgan fingerprint density at radius 2 is 1.58 bits per heavy atom. The molecule has 6 heterocycles. The van der Waals surface area contributed by atoms with E-state index in [0.717, 1.165) is 67.6 Å². The van der Waals surface area contributed by atoms with Crippen molar-refractivity contribution >= 4 is 56.4 Å². The molecule has 370 valence electrons. The predicted octanol–water partition coefficient (Wildman–Crippen LogP) is 7.40. The number of carbonyl (C=O) groups excluding carboxylic acids is 2. The minimum absolute atomic E-state index is 0.0457. The Kier molecular flexibility index (Phi) is 15.4. The number of pyridine rings is 2. The lowest BCUT2D eigenvalue weighted by Crippen LogP contribution is -2.51. The average Bonchev–Trinajstić information content (AvgIpc) is 4.08. The summed E-state index contributed by atoms with van der Waals surface area (Å²) in [6.45, 7) is 9.40. The molecule has 1 N–H and O–H groups in total. The summed E-state index contributed by atoms with van der Waals surface area (Å²) in [6, 6.07) is 36.2.